The predicted molar refractivity (Wildman–Crippen MR) is 117 cm³/mol. The number of carbonyl (C=O) groups is 1. The second kappa shape index (κ2) is 9.24. The molecule has 0 saturated carbocycles. The number of nitrogens with one attached hydrogen (secondary N) is 1. The SMILES string of the molecule is O=C(c1ccc(NCCc2ccccc2)nc1)N1CCN(c2ccccc2)CC1. The van der Waals surface area contributed by atoms with Gasteiger partial charge in [0.05, 0.1) is 5.56 Å². The van der Waals surface area contributed by atoms with Crippen LogP contribution in [0.2, 0.25) is 0 Å². The van der Waals surface area contributed by atoms with Crippen LogP contribution in [0.15, 0.2) is 79.0 Å². The van der Waals surface area contributed by atoms with Crippen LogP contribution in [0, 0.1) is 0 Å². The van der Waals surface area contributed by atoms with Crippen molar-refractivity contribution >= 4 is 17.4 Å². The largest absolute Gasteiger partial charge is 0.370 e. The minimum Gasteiger partial charge on any atom is -0.370 e. The van der Waals surface area contributed by atoms with Crippen LogP contribution in [0.1, 0.15) is 15.9 Å². The molecule has 4 rings (SSSR count). The maximum absolute atomic E-state index is 12.8. The highest BCUT2D eigenvalue weighted by Crippen LogP contribution is 2.17. The lowest BCUT2D eigenvalue weighted by Gasteiger charge is -2.36. The minimum absolute atomic E-state index is 0.0565. The van der Waals surface area contributed by atoms with E-state index in [1.54, 1.807) is 6.20 Å². The van der Waals surface area contributed by atoms with E-state index in [4.69, 9.17) is 0 Å². The predicted octanol–water partition coefficient (Wildman–Crippen LogP) is 3.70. The van der Waals surface area contributed by atoms with Gasteiger partial charge < -0.3 is 15.1 Å². The summed E-state index contributed by atoms with van der Waals surface area (Å²) >= 11 is 0. The van der Waals surface area contributed by atoms with E-state index >= 15 is 0 Å². The Kier molecular flexibility index (Phi) is 6.05. The van der Waals surface area contributed by atoms with Gasteiger partial charge in [0.25, 0.3) is 5.91 Å². The number of nitrogens with zero attached hydrogens (tertiary/aromatic N) is 3. The van der Waals surface area contributed by atoms with Crippen molar-refractivity contribution in [3.05, 3.63) is 90.1 Å². The van der Waals surface area contributed by atoms with Crippen molar-refractivity contribution in [1.29, 1.82) is 0 Å². The first kappa shape index (κ1) is 19.0. The summed E-state index contributed by atoms with van der Waals surface area (Å²) in [7, 11) is 0. The number of piperazine rings is 1. The van der Waals surface area contributed by atoms with Gasteiger partial charge in [-0.15, -0.1) is 0 Å². The number of aromatic nitrogens is 1. The van der Waals surface area contributed by atoms with Crippen LogP contribution in [0.3, 0.4) is 0 Å². The molecule has 3 aromatic rings. The fourth-order valence-corrected chi connectivity index (χ4v) is 3.59. The molecule has 2 heterocycles. The fraction of sp³-hybridized carbons (Fsp3) is 0.250. The van der Waals surface area contributed by atoms with E-state index in [0.717, 1.165) is 45.0 Å². The van der Waals surface area contributed by atoms with Gasteiger partial charge in [-0.25, -0.2) is 4.98 Å². The summed E-state index contributed by atoms with van der Waals surface area (Å²) in [6.07, 6.45) is 2.62. The Morgan fingerprint density at radius 1 is 0.862 bits per heavy atom. The molecular weight excluding hydrogens is 360 g/mol. The minimum atomic E-state index is 0.0565. The average molecular weight is 386 g/mol. The quantitative estimate of drug-likeness (QED) is 0.702. The third kappa shape index (κ3) is 4.93. The first-order chi connectivity index (χ1) is 14.3. The molecule has 0 aliphatic carbocycles. The number of para-hydroxylation sites is 1. The van der Waals surface area contributed by atoms with E-state index in [1.165, 1.54) is 11.3 Å². The molecule has 1 aliphatic rings. The summed E-state index contributed by atoms with van der Waals surface area (Å²) in [5, 5.41) is 3.32. The molecule has 0 spiro atoms. The number of hydrogen-bond donors (Lipinski definition) is 1. The zero-order chi connectivity index (χ0) is 19.9. The highest BCUT2D eigenvalue weighted by Gasteiger charge is 2.22. The summed E-state index contributed by atoms with van der Waals surface area (Å²) in [5.74, 6) is 0.854. The molecule has 1 N–H and O–H groups in total. The zero-order valence-corrected chi connectivity index (χ0v) is 16.5. The van der Waals surface area contributed by atoms with E-state index in [0.29, 0.717) is 5.56 Å². The number of rotatable bonds is 6. The van der Waals surface area contributed by atoms with Gasteiger partial charge >= 0.3 is 0 Å². The molecule has 1 fully saturated rings. The van der Waals surface area contributed by atoms with E-state index in [1.807, 2.05) is 53.4 Å². The van der Waals surface area contributed by atoms with Crippen LogP contribution >= 0.6 is 0 Å². The van der Waals surface area contributed by atoms with E-state index in [2.05, 4.69) is 39.5 Å². The molecule has 1 aliphatic heterocycles. The maximum Gasteiger partial charge on any atom is 0.255 e. The van der Waals surface area contributed by atoms with Crippen LogP contribution in [0.25, 0.3) is 0 Å². The number of pyridine rings is 1. The highest BCUT2D eigenvalue weighted by atomic mass is 16.2. The van der Waals surface area contributed by atoms with Crippen molar-refractivity contribution in [3.63, 3.8) is 0 Å². The van der Waals surface area contributed by atoms with Gasteiger partial charge in [0, 0.05) is 44.6 Å². The Morgan fingerprint density at radius 3 is 2.21 bits per heavy atom. The van der Waals surface area contributed by atoms with Crippen molar-refractivity contribution in [2.45, 2.75) is 6.42 Å². The molecule has 148 valence electrons. The molecule has 1 aromatic heterocycles. The van der Waals surface area contributed by atoms with Gasteiger partial charge in [-0.2, -0.15) is 0 Å². The Hall–Kier alpha value is -3.34. The summed E-state index contributed by atoms with van der Waals surface area (Å²) in [6.45, 7) is 3.96. The average Bonchev–Trinajstić information content (AvgIpc) is 2.80. The standard InChI is InChI=1S/C24H26N4O/c29-24(28-17-15-27(16-18-28)22-9-5-2-6-10-22)21-11-12-23(26-19-21)25-14-13-20-7-3-1-4-8-20/h1-12,19H,13-18H2,(H,25,26). The molecule has 0 unspecified atom stereocenters. The monoisotopic (exact) mass is 386 g/mol. The number of hydrogen-bond acceptors (Lipinski definition) is 4. The van der Waals surface area contributed by atoms with Crippen molar-refractivity contribution in [2.24, 2.45) is 0 Å². The molecule has 0 radical (unpaired) electrons. The van der Waals surface area contributed by atoms with Crippen LogP contribution in [0.4, 0.5) is 11.5 Å². The lowest BCUT2D eigenvalue weighted by molar-refractivity contribution is 0.0746. The zero-order valence-electron chi connectivity index (χ0n) is 16.5. The first-order valence-corrected chi connectivity index (χ1v) is 10.1. The summed E-state index contributed by atoms with van der Waals surface area (Å²) in [5.41, 5.74) is 3.15. The van der Waals surface area contributed by atoms with Crippen LogP contribution in [-0.4, -0.2) is 48.5 Å². The van der Waals surface area contributed by atoms with E-state index < -0.39 is 0 Å². The fourth-order valence-electron chi connectivity index (χ4n) is 3.59. The van der Waals surface area contributed by atoms with Gasteiger partial charge in [0.2, 0.25) is 0 Å². The molecule has 5 nitrogen and oxygen atoms in total. The summed E-state index contributed by atoms with van der Waals surface area (Å²) in [4.78, 5) is 21.5. The van der Waals surface area contributed by atoms with Crippen molar-refractivity contribution in [1.82, 2.24) is 9.88 Å². The van der Waals surface area contributed by atoms with E-state index in [9.17, 15) is 4.79 Å². The van der Waals surface area contributed by atoms with Crippen molar-refractivity contribution in [2.75, 3.05) is 42.9 Å². The smallest absolute Gasteiger partial charge is 0.255 e. The number of anilines is 2. The second-order valence-electron chi connectivity index (χ2n) is 7.21. The number of benzene rings is 2. The summed E-state index contributed by atoms with van der Waals surface area (Å²) < 4.78 is 0. The van der Waals surface area contributed by atoms with Crippen molar-refractivity contribution in [3.8, 4) is 0 Å². The van der Waals surface area contributed by atoms with Gasteiger partial charge in [-0.3, -0.25) is 4.79 Å². The molecule has 5 heteroatoms. The molecule has 1 saturated heterocycles. The Labute approximate surface area is 172 Å². The van der Waals surface area contributed by atoms with Gasteiger partial charge in [0.1, 0.15) is 5.82 Å². The normalized spacial score (nSPS) is 13.9. The second-order valence-corrected chi connectivity index (χ2v) is 7.21. The molecule has 0 bridgehead atoms. The lowest BCUT2D eigenvalue weighted by Crippen LogP contribution is -2.48. The molecule has 2 aromatic carbocycles. The third-order valence-electron chi connectivity index (χ3n) is 5.26. The summed E-state index contributed by atoms with van der Waals surface area (Å²) in [6, 6.07) is 24.5. The van der Waals surface area contributed by atoms with E-state index in [-0.39, 0.29) is 5.91 Å². The van der Waals surface area contributed by atoms with Crippen molar-refractivity contribution < 1.29 is 4.79 Å². The highest BCUT2D eigenvalue weighted by molar-refractivity contribution is 5.94. The Balaban J connectivity index is 1.27. The lowest BCUT2D eigenvalue weighted by atomic mass is 10.1. The molecule has 0 atom stereocenters. The number of amides is 1. The first-order valence-electron chi connectivity index (χ1n) is 10.1. The van der Waals surface area contributed by atoms with Gasteiger partial charge in [-0.1, -0.05) is 48.5 Å². The molecule has 29 heavy (non-hydrogen) atoms. The topological polar surface area (TPSA) is 48.5 Å². The number of carbonyl (C=O) groups excluding carboxylic acids is 1. The van der Waals surface area contributed by atoms with Crippen LogP contribution in [-0.2, 0) is 6.42 Å². The molecular formula is C24H26N4O. The Morgan fingerprint density at radius 2 is 1.55 bits per heavy atom. The maximum atomic E-state index is 12.8. The van der Waals surface area contributed by atoms with Gasteiger partial charge in [0.15, 0.2) is 0 Å². The Bertz CT molecular complexity index is 905. The van der Waals surface area contributed by atoms with Gasteiger partial charge in [-0.05, 0) is 36.2 Å². The van der Waals surface area contributed by atoms with Crippen LogP contribution in [0.5, 0.6) is 0 Å². The third-order valence-corrected chi connectivity index (χ3v) is 5.26. The molecule has 1 amide bonds. The van der Waals surface area contributed by atoms with Crippen LogP contribution < -0.4 is 10.2 Å².